The predicted octanol–water partition coefficient (Wildman–Crippen LogP) is 4.00. The third-order valence-corrected chi connectivity index (χ3v) is 3.66. The van der Waals surface area contributed by atoms with E-state index in [1.165, 1.54) is 35.9 Å². The molecular weight excluding hydrogens is 295 g/mol. The van der Waals surface area contributed by atoms with Gasteiger partial charge in [-0.1, -0.05) is 17.7 Å². The van der Waals surface area contributed by atoms with Crippen LogP contribution in [0.4, 0.5) is 10.1 Å². The number of halogens is 1. The normalized spacial score (nSPS) is 10.7. The maximum atomic E-state index is 13.4. The highest BCUT2D eigenvalue weighted by atomic mass is 19.1. The van der Waals surface area contributed by atoms with Crippen LogP contribution < -0.4 is 5.32 Å². The van der Waals surface area contributed by atoms with Gasteiger partial charge in [-0.3, -0.25) is 14.2 Å². The molecule has 4 nitrogen and oxygen atoms in total. The third kappa shape index (κ3) is 2.85. The number of benzene rings is 2. The zero-order chi connectivity index (χ0) is 16.6. The number of fused-ring (bicyclic) bond motifs is 1. The van der Waals surface area contributed by atoms with Crippen LogP contribution in [0.15, 0.2) is 48.7 Å². The first-order chi connectivity index (χ1) is 11.0. The van der Waals surface area contributed by atoms with E-state index in [2.05, 4.69) is 5.32 Å². The van der Waals surface area contributed by atoms with E-state index in [-0.39, 0.29) is 11.8 Å². The Balaban J connectivity index is 2.03. The lowest BCUT2D eigenvalue weighted by Gasteiger charge is -2.04. The van der Waals surface area contributed by atoms with Crippen molar-refractivity contribution in [3.05, 3.63) is 65.6 Å². The van der Waals surface area contributed by atoms with E-state index in [0.717, 1.165) is 5.56 Å². The molecule has 1 N–H and O–H groups in total. The molecule has 1 heterocycles. The maximum absolute atomic E-state index is 13.4. The molecule has 0 saturated heterocycles. The van der Waals surface area contributed by atoms with Gasteiger partial charge >= 0.3 is 0 Å². The lowest BCUT2D eigenvalue weighted by Crippen LogP contribution is -2.11. The fourth-order valence-corrected chi connectivity index (χ4v) is 2.48. The van der Waals surface area contributed by atoms with E-state index in [1.54, 1.807) is 12.1 Å². The average Bonchev–Trinajstić information content (AvgIpc) is 2.88. The number of amides is 1. The largest absolute Gasteiger partial charge is 0.322 e. The van der Waals surface area contributed by atoms with Gasteiger partial charge in [-0.05, 0) is 37.3 Å². The number of aryl methyl sites for hydroxylation is 1. The minimum atomic E-state index is -0.455. The van der Waals surface area contributed by atoms with Crippen LogP contribution in [0.2, 0.25) is 0 Å². The van der Waals surface area contributed by atoms with Crippen molar-refractivity contribution in [2.45, 2.75) is 13.8 Å². The minimum absolute atomic E-state index is 0.282. The van der Waals surface area contributed by atoms with Crippen molar-refractivity contribution in [3.8, 4) is 0 Å². The summed E-state index contributed by atoms with van der Waals surface area (Å²) in [5, 5.41) is 3.32. The van der Waals surface area contributed by atoms with Crippen molar-refractivity contribution in [1.29, 1.82) is 0 Å². The van der Waals surface area contributed by atoms with Crippen molar-refractivity contribution in [2.24, 2.45) is 0 Å². The highest BCUT2D eigenvalue weighted by molar-refractivity contribution is 6.14. The molecule has 0 atom stereocenters. The zero-order valence-corrected chi connectivity index (χ0v) is 12.8. The summed E-state index contributed by atoms with van der Waals surface area (Å²) < 4.78 is 14.7. The number of aromatic nitrogens is 1. The van der Waals surface area contributed by atoms with E-state index in [9.17, 15) is 14.0 Å². The van der Waals surface area contributed by atoms with E-state index >= 15 is 0 Å². The second-order valence-electron chi connectivity index (χ2n) is 5.41. The first-order valence-corrected chi connectivity index (χ1v) is 7.15. The van der Waals surface area contributed by atoms with Gasteiger partial charge in [0, 0.05) is 24.2 Å². The summed E-state index contributed by atoms with van der Waals surface area (Å²) >= 11 is 0. The molecule has 0 aliphatic carbocycles. The monoisotopic (exact) mass is 310 g/mol. The van der Waals surface area contributed by atoms with Crippen LogP contribution >= 0.6 is 0 Å². The molecule has 0 aliphatic heterocycles. The molecule has 3 aromatic rings. The van der Waals surface area contributed by atoms with Gasteiger partial charge in [0.25, 0.3) is 5.91 Å². The number of nitrogens with zero attached hydrogens (tertiary/aromatic N) is 1. The first-order valence-electron chi connectivity index (χ1n) is 7.15. The minimum Gasteiger partial charge on any atom is -0.322 e. The summed E-state index contributed by atoms with van der Waals surface area (Å²) in [6.45, 7) is 3.33. The number of rotatable bonds is 2. The standard InChI is InChI=1S/C18H15FN2O2/c1-11-3-6-14(7-4-11)20-18(23)16-10-21(12(2)22)17-9-13(19)5-8-15(16)17/h3-10H,1-2H3,(H,20,23). The molecule has 23 heavy (non-hydrogen) atoms. The van der Waals surface area contributed by atoms with E-state index in [4.69, 9.17) is 0 Å². The highest BCUT2D eigenvalue weighted by Gasteiger charge is 2.17. The van der Waals surface area contributed by atoms with Gasteiger partial charge in [0.05, 0.1) is 11.1 Å². The molecule has 0 radical (unpaired) electrons. The van der Waals surface area contributed by atoms with Crippen LogP contribution in [0.25, 0.3) is 10.9 Å². The molecule has 116 valence electrons. The van der Waals surface area contributed by atoms with Crippen molar-refractivity contribution in [3.63, 3.8) is 0 Å². The lowest BCUT2D eigenvalue weighted by molar-refractivity contribution is 0.0941. The Labute approximate surface area is 132 Å². The number of anilines is 1. The second-order valence-corrected chi connectivity index (χ2v) is 5.41. The Morgan fingerprint density at radius 2 is 1.78 bits per heavy atom. The Morgan fingerprint density at radius 1 is 1.09 bits per heavy atom. The topological polar surface area (TPSA) is 51.1 Å². The molecule has 0 aliphatic rings. The quantitative estimate of drug-likeness (QED) is 0.778. The molecule has 2 aromatic carbocycles. The predicted molar refractivity (Wildman–Crippen MR) is 87.3 cm³/mol. The van der Waals surface area contributed by atoms with Crippen LogP contribution in [0.5, 0.6) is 0 Å². The Bertz CT molecular complexity index is 911. The number of carbonyl (C=O) groups is 2. The summed E-state index contributed by atoms with van der Waals surface area (Å²) in [6, 6.07) is 11.4. The fourth-order valence-electron chi connectivity index (χ4n) is 2.48. The number of hydrogen-bond acceptors (Lipinski definition) is 2. The summed E-state index contributed by atoms with van der Waals surface area (Å²) in [4.78, 5) is 24.2. The van der Waals surface area contributed by atoms with Crippen LogP contribution in [0.3, 0.4) is 0 Å². The summed E-state index contributed by atoms with van der Waals surface area (Å²) in [5.74, 6) is -1.08. The molecule has 5 heteroatoms. The van der Waals surface area contributed by atoms with E-state index < -0.39 is 5.82 Å². The summed E-state index contributed by atoms with van der Waals surface area (Å²) in [7, 11) is 0. The molecule has 0 bridgehead atoms. The van der Waals surface area contributed by atoms with E-state index in [1.807, 2.05) is 19.1 Å². The highest BCUT2D eigenvalue weighted by Crippen LogP contribution is 2.23. The molecule has 0 spiro atoms. The number of hydrogen-bond donors (Lipinski definition) is 1. The summed E-state index contributed by atoms with van der Waals surface area (Å²) in [6.07, 6.45) is 1.44. The van der Waals surface area contributed by atoms with Gasteiger partial charge in [0.1, 0.15) is 5.82 Å². The Morgan fingerprint density at radius 3 is 2.43 bits per heavy atom. The first kappa shape index (κ1) is 15.0. The van der Waals surface area contributed by atoms with Crippen molar-refractivity contribution >= 4 is 28.4 Å². The molecule has 1 aromatic heterocycles. The van der Waals surface area contributed by atoms with Crippen molar-refractivity contribution < 1.29 is 14.0 Å². The average molecular weight is 310 g/mol. The van der Waals surface area contributed by atoms with Crippen LogP contribution in [0.1, 0.15) is 27.6 Å². The number of carbonyl (C=O) groups excluding carboxylic acids is 2. The Hall–Kier alpha value is -2.95. The molecule has 3 rings (SSSR count). The van der Waals surface area contributed by atoms with Crippen molar-refractivity contribution in [1.82, 2.24) is 4.57 Å². The second kappa shape index (κ2) is 5.68. The molecular formula is C18H15FN2O2. The maximum Gasteiger partial charge on any atom is 0.257 e. The smallest absolute Gasteiger partial charge is 0.257 e. The van der Waals surface area contributed by atoms with E-state index in [0.29, 0.717) is 22.2 Å². The number of nitrogens with one attached hydrogen (secondary N) is 1. The Kier molecular flexibility index (Phi) is 3.70. The van der Waals surface area contributed by atoms with Gasteiger partial charge in [0.15, 0.2) is 0 Å². The SMILES string of the molecule is CC(=O)n1cc(C(=O)Nc2ccc(C)cc2)c2ccc(F)cc21. The van der Waals surface area contributed by atoms with Gasteiger partial charge in [0.2, 0.25) is 5.91 Å². The summed E-state index contributed by atoms with van der Waals surface area (Å²) in [5.41, 5.74) is 2.46. The van der Waals surface area contributed by atoms with Gasteiger partial charge in [-0.15, -0.1) is 0 Å². The van der Waals surface area contributed by atoms with Crippen LogP contribution in [-0.4, -0.2) is 16.4 Å². The molecule has 1 amide bonds. The van der Waals surface area contributed by atoms with Gasteiger partial charge < -0.3 is 5.32 Å². The third-order valence-electron chi connectivity index (χ3n) is 3.66. The van der Waals surface area contributed by atoms with Crippen LogP contribution in [-0.2, 0) is 0 Å². The van der Waals surface area contributed by atoms with Crippen LogP contribution in [0, 0.1) is 12.7 Å². The van der Waals surface area contributed by atoms with Gasteiger partial charge in [-0.2, -0.15) is 0 Å². The molecule has 0 fully saturated rings. The lowest BCUT2D eigenvalue weighted by atomic mass is 10.1. The fraction of sp³-hybridized carbons (Fsp3) is 0.111. The molecule has 0 unspecified atom stereocenters. The van der Waals surface area contributed by atoms with Gasteiger partial charge in [-0.25, -0.2) is 4.39 Å². The van der Waals surface area contributed by atoms with Crippen molar-refractivity contribution in [2.75, 3.05) is 5.32 Å². The molecule has 0 saturated carbocycles. The zero-order valence-electron chi connectivity index (χ0n) is 12.8.